The first-order chi connectivity index (χ1) is 29.8. The lowest BCUT2D eigenvalue weighted by Gasteiger charge is -2.27. The smallest absolute Gasteiger partial charge is 0.295 e. The van der Waals surface area contributed by atoms with Crippen LogP contribution in [0.4, 0.5) is 58.4 Å². The van der Waals surface area contributed by atoms with E-state index in [2.05, 4.69) is 51.2 Å². The second-order valence-corrected chi connectivity index (χ2v) is 16.3. The Balaban J connectivity index is 1.17. The van der Waals surface area contributed by atoms with Crippen LogP contribution in [-0.2, 0) is 25.0 Å². The Kier molecular flexibility index (Phi) is 13.4. The van der Waals surface area contributed by atoms with Crippen molar-refractivity contribution in [3.8, 4) is 0 Å². The van der Waals surface area contributed by atoms with Crippen molar-refractivity contribution in [2.45, 2.75) is 16.7 Å². The van der Waals surface area contributed by atoms with Gasteiger partial charge in [0.05, 0.1) is 13.2 Å². The van der Waals surface area contributed by atoms with Gasteiger partial charge in [-0.25, -0.2) is 0 Å². The molecule has 0 aliphatic carbocycles. The molecular weight excluding hydrogens is 839 g/mol. The van der Waals surface area contributed by atoms with Gasteiger partial charge in [-0.05, 0) is 66.6 Å². The predicted molar refractivity (Wildman–Crippen MR) is 237 cm³/mol. The molecule has 0 spiro atoms. The van der Waals surface area contributed by atoms with Crippen LogP contribution in [0.1, 0.15) is 18.1 Å². The zero-order valence-electron chi connectivity index (χ0n) is 33.2. The standard InChI is InChI=1S/C40H43N13O7S2/c1-2-52(20-19-41)39-48-35(42-29-9-5-3-6-10-29)46-37(49-39)44-31-17-15-27(33(25-31)61(54,55)56)13-14-28-16-18-32(26-34(28)62(57,58)59)45-38-47-36(43-30-11-7-4-8-12-30)50-40(51-38)53-21-23-60-24-22-53/h3-18,25-26H,2,19-24,41H2,1H3,(H,54,55,56)(H,57,58,59)(H2,42,44,46,48,49)(H2,43,45,47,50,51)/b14-13+. The molecule has 1 saturated heterocycles. The fraction of sp³-hybridized carbons (Fsp3) is 0.200. The molecule has 4 aromatic carbocycles. The Morgan fingerprint density at radius 2 is 1.08 bits per heavy atom. The molecule has 1 aliphatic heterocycles. The molecule has 0 unspecified atom stereocenters. The van der Waals surface area contributed by atoms with Gasteiger partial charge in [0.1, 0.15) is 9.79 Å². The van der Waals surface area contributed by atoms with Crippen molar-refractivity contribution in [1.29, 1.82) is 0 Å². The van der Waals surface area contributed by atoms with Crippen LogP contribution in [0.15, 0.2) is 107 Å². The summed E-state index contributed by atoms with van der Waals surface area (Å²) < 4.78 is 77.0. The highest BCUT2D eigenvalue weighted by Gasteiger charge is 2.21. The molecule has 6 aromatic rings. The SMILES string of the molecule is CCN(CCN)c1nc(Nc2ccccc2)nc(Nc2ccc(/C=C/c3ccc(Nc4nc(Nc5ccccc5)nc(N5CCOCC5)n4)cc3S(=O)(=O)O)c(S(=O)(=O)O)c2)n1. The summed E-state index contributed by atoms with van der Waals surface area (Å²) in [5, 5.41) is 12.3. The summed E-state index contributed by atoms with van der Waals surface area (Å²) in [6.45, 7) is 5.32. The topological polar surface area (TPSA) is 276 Å². The zero-order chi connectivity index (χ0) is 43.7. The summed E-state index contributed by atoms with van der Waals surface area (Å²) >= 11 is 0. The van der Waals surface area contributed by atoms with E-state index in [1.54, 1.807) is 0 Å². The molecule has 0 amide bonds. The summed E-state index contributed by atoms with van der Waals surface area (Å²) in [4.78, 5) is 29.9. The van der Waals surface area contributed by atoms with E-state index < -0.39 is 30.0 Å². The number of nitrogens with zero attached hydrogens (tertiary/aromatic N) is 8. The van der Waals surface area contributed by atoms with Crippen LogP contribution in [0.3, 0.4) is 0 Å². The van der Waals surface area contributed by atoms with Gasteiger partial charge in [0.15, 0.2) is 0 Å². The summed E-state index contributed by atoms with van der Waals surface area (Å²) in [7, 11) is -9.68. The Hall–Kier alpha value is -6.82. The van der Waals surface area contributed by atoms with E-state index in [9.17, 15) is 25.9 Å². The number of ether oxygens (including phenoxy) is 1. The fourth-order valence-electron chi connectivity index (χ4n) is 6.24. The van der Waals surface area contributed by atoms with Crippen molar-refractivity contribution in [3.05, 3.63) is 108 Å². The summed E-state index contributed by atoms with van der Waals surface area (Å²) in [6, 6.07) is 26.7. The maximum absolute atomic E-state index is 12.7. The molecule has 20 nitrogen and oxygen atoms in total. The summed E-state index contributed by atoms with van der Waals surface area (Å²) in [5.74, 6) is 1.28. The van der Waals surface area contributed by atoms with Crippen molar-refractivity contribution in [2.75, 3.05) is 77.0 Å². The van der Waals surface area contributed by atoms with Crippen LogP contribution in [0.5, 0.6) is 0 Å². The highest BCUT2D eigenvalue weighted by molar-refractivity contribution is 7.86. The van der Waals surface area contributed by atoms with Crippen LogP contribution in [0.25, 0.3) is 12.2 Å². The number of nitrogens with two attached hydrogens (primary N) is 1. The van der Waals surface area contributed by atoms with Gasteiger partial charge >= 0.3 is 0 Å². The molecule has 0 atom stereocenters. The number of morpholine rings is 1. The number of benzene rings is 4. The molecular formula is C40H43N13O7S2. The number of hydrogen-bond acceptors (Lipinski definition) is 18. The minimum absolute atomic E-state index is 0.00341. The zero-order valence-corrected chi connectivity index (χ0v) is 34.9. The van der Waals surface area contributed by atoms with E-state index >= 15 is 0 Å². The molecule has 22 heteroatoms. The lowest BCUT2D eigenvalue weighted by Crippen LogP contribution is -2.37. The normalized spacial score (nSPS) is 13.2. The average molecular weight is 882 g/mol. The average Bonchev–Trinajstić information content (AvgIpc) is 3.25. The first-order valence-electron chi connectivity index (χ1n) is 19.2. The molecule has 0 saturated carbocycles. The van der Waals surface area contributed by atoms with E-state index in [0.717, 1.165) is 11.4 Å². The minimum Gasteiger partial charge on any atom is -0.378 e. The second kappa shape index (κ2) is 19.3. The maximum atomic E-state index is 12.7. The van der Waals surface area contributed by atoms with Crippen molar-refractivity contribution < 1.29 is 30.7 Å². The van der Waals surface area contributed by atoms with Gasteiger partial charge in [0.2, 0.25) is 35.7 Å². The van der Waals surface area contributed by atoms with Crippen molar-refractivity contribution in [1.82, 2.24) is 29.9 Å². The number of aromatic nitrogens is 6. The first kappa shape index (κ1) is 43.3. The maximum Gasteiger partial charge on any atom is 0.295 e. The Bertz CT molecular complexity index is 2590. The molecule has 3 heterocycles. The number of likely N-dealkylation sites (N-methyl/N-ethyl adjacent to an activating group) is 1. The first-order valence-corrected chi connectivity index (χ1v) is 22.1. The summed E-state index contributed by atoms with van der Waals surface area (Å²) in [5.41, 5.74) is 7.70. The van der Waals surface area contributed by atoms with Gasteiger partial charge in [-0.2, -0.15) is 46.7 Å². The molecule has 0 radical (unpaired) electrons. The number of nitrogens with one attached hydrogen (secondary N) is 4. The predicted octanol–water partition coefficient (Wildman–Crippen LogP) is 5.32. The second-order valence-electron chi connectivity index (χ2n) is 13.6. The lowest BCUT2D eigenvalue weighted by molar-refractivity contribution is 0.122. The van der Waals surface area contributed by atoms with Crippen LogP contribution in [0, 0.1) is 0 Å². The Labute approximate surface area is 357 Å². The molecule has 8 N–H and O–H groups in total. The van der Waals surface area contributed by atoms with E-state index in [0.29, 0.717) is 57.8 Å². The van der Waals surface area contributed by atoms with Crippen LogP contribution < -0.4 is 36.8 Å². The van der Waals surface area contributed by atoms with Crippen molar-refractivity contribution in [2.24, 2.45) is 5.73 Å². The molecule has 0 bridgehead atoms. The van der Waals surface area contributed by atoms with Crippen molar-refractivity contribution >= 4 is 90.8 Å². The molecule has 62 heavy (non-hydrogen) atoms. The summed E-state index contributed by atoms with van der Waals surface area (Å²) in [6.07, 6.45) is 2.59. The monoisotopic (exact) mass is 881 g/mol. The third-order valence-corrected chi connectivity index (χ3v) is 11.0. The molecule has 322 valence electrons. The number of anilines is 10. The quantitative estimate of drug-likeness (QED) is 0.0451. The Morgan fingerprint density at radius 1 is 0.645 bits per heavy atom. The third kappa shape index (κ3) is 11.3. The third-order valence-electron chi connectivity index (χ3n) is 9.20. The minimum atomic E-state index is -4.84. The van der Waals surface area contributed by atoms with Crippen LogP contribution in [0.2, 0.25) is 0 Å². The fourth-order valence-corrected chi connectivity index (χ4v) is 7.66. The van der Waals surface area contributed by atoms with E-state index in [4.69, 9.17) is 10.5 Å². The van der Waals surface area contributed by atoms with Crippen LogP contribution >= 0.6 is 0 Å². The highest BCUT2D eigenvalue weighted by Crippen LogP contribution is 2.29. The number of hydrogen-bond donors (Lipinski definition) is 7. The van der Waals surface area contributed by atoms with Gasteiger partial charge in [0, 0.05) is 55.5 Å². The number of para-hydroxylation sites is 2. The lowest BCUT2D eigenvalue weighted by atomic mass is 10.1. The van der Waals surface area contributed by atoms with Crippen LogP contribution in [-0.4, -0.2) is 102 Å². The van der Waals surface area contributed by atoms with Gasteiger partial charge < -0.3 is 41.5 Å². The van der Waals surface area contributed by atoms with Gasteiger partial charge in [-0.15, -0.1) is 0 Å². The largest absolute Gasteiger partial charge is 0.378 e. The van der Waals surface area contributed by atoms with E-state index in [1.807, 2.05) is 77.4 Å². The molecule has 2 aromatic heterocycles. The Morgan fingerprint density at radius 3 is 1.50 bits per heavy atom. The van der Waals surface area contributed by atoms with E-state index in [-0.39, 0.29) is 46.3 Å². The van der Waals surface area contributed by atoms with Crippen molar-refractivity contribution in [3.63, 3.8) is 0 Å². The molecule has 1 fully saturated rings. The van der Waals surface area contributed by atoms with E-state index in [1.165, 1.54) is 48.6 Å². The van der Waals surface area contributed by atoms with Gasteiger partial charge in [0.25, 0.3) is 20.2 Å². The molecule has 7 rings (SSSR count). The van der Waals surface area contributed by atoms with Gasteiger partial charge in [-0.1, -0.05) is 60.7 Å². The number of rotatable bonds is 17. The van der Waals surface area contributed by atoms with Gasteiger partial charge in [-0.3, -0.25) is 9.11 Å². The molecule has 1 aliphatic rings. The highest BCUT2D eigenvalue weighted by atomic mass is 32.2.